The fourth-order valence-electron chi connectivity index (χ4n) is 3.90. The van der Waals surface area contributed by atoms with Crippen LogP contribution in [0, 0.1) is 5.82 Å². The summed E-state index contributed by atoms with van der Waals surface area (Å²) in [4.78, 5) is 22.5. The number of aromatic nitrogens is 2. The van der Waals surface area contributed by atoms with Gasteiger partial charge in [0.25, 0.3) is 0 Å². The molecule has 1 fully saturated rings. The Morgan fingerprint density at radius 2 is 1.94 bits per heavy atom. The van der Waals surface area contributed by atoms with Gasteiger partial charge in [0, 0.05) is 24.9 Å². The minimum absolute atomic E-state index is 0.0658. The number of nitrogens with one attached hydrogen (secondary N) is 1. The molecule has 11 heteroatoms. The first-order valence-electron chi connectivity index (χ1n) is 10.9. The molecule has 0 atom stereocenters. The number of sulfone groups is 1. The molecule has 1 aliphatic heterocycles. The molecule has 1 saturated heterocycles. The predicted octanol–water partition coefficient (Wildman–Crippen LogP) is 4.62. The molecule has 0 unspecified atom stereocenters. The highest BCUT2D eigenvalue weighted by molar-refractivity contribution is 7.90. The van der Waals surface area contributed by atoms with Gasteiger partial charge in [-0.1, -0.05) is 0 Å². The molecule has 2 aromatic heterocycles. The maximum Gasteiger partial charge on any atom is 0.410 e. The van der Waals surface area contributed by atoms with Crippen LogP contribution in [0.5, 0.6) is 0 Å². The van der Waals surface area contributed by atoms with E-state index < -0.39 is 21.3 Å². The highest BCUT2D eigenvalue weighted by Crippen LogP contribution is 2.36. The van der Waals surface area contributed by atoms with Gasteiger partial charge in [-0.3, -0.25) is 0 Å². The lowest BCUT2D eigenvalue weighted by Crippen LogP contribution is -2.41. The number of halogens is 1. The minimum Gasteiger partial charge on any atom is -0.458 e. The van der Waals surface area contributed by atoms with Crippen molar-refractivity contribution >= 4 is 38.5 Å². The zero-order chi connectivity index (χ0) is 24.7. The van der Waals surface area contributed by atoms with Crippen LogP contribution >= 0.6 is 0 Å². The second kappa shape index (κ2) is 8.86. The van der Waals surface area contributed by atoms with Crippen LogP contribution in [0.15, 0.2) is 40.1 Å². The molecule has 0 spiro atoms. The standard InChI is InChI=1S/C23H27FN4O5S/c1-23(2,3)33-22(29)28-9-7-14(8-10-28)16-12-32-20-19(16)25-13-26-21(20)27-18-6-5-15(11-17(18)24)34(4,30)31/h5-6,11-14H,7-10H2,1-4H3,(H,25,26,27). The van der Waals surface area contributed by atoms with E-state index in [1.54, 1.807) is 11.2 Å². The number of piperidine rings is 1. The third kappa shape index (κ3) is 5.14. The molecule has 1 N–H and O–H groups in total. The monoisotopic (exact) mass is 490 g/mol. The van der Waals surface area contributed by atoms with Gasteiger partial charge in [-0.25, -0.2) is 27.6 Å². The van der Waals surface area contributed by atoms with Gasteiger partial charge in [0.05, 0.1) is 16.8 Å². The van der Waals surface area contributed by atoms with E-state index in [1.807, 2.05) is 20.8 Å². The molecule has 1 aromatic carbocycles. The van der Waals surface area contributed by atoms with Gasteiger partial charge in [0.15, 0.2) is 21.2 Å². The Morgan fingerprint density at radius 3 is 2.56 bits per heavy atom. The Balaban J connectivity index is 1.51. The lowest BCUT2D eigenvalue weighted by Gasteiger charge is -2.33. The summed E-state index contributed by atoms with van der Waals surface area (Å²) in [6, 6.07) is 3.63. The number of furan rings is 1. The maximum atomic E-state index is 14.5. The molecule has 1 amide bonds. The third-order valence-corrected chi connectivity index (χ3v) is 6.70. The van der Waals surface area contributed by atoms with Crippen molar-refractivity contribution in [2.24, 2.45) is 0 Å². The van der Waals surface area contributed by atoms with E-state index in [2.05, 4.69) is 15.3 Å². The number of anilines is 2. The van der Waals surface area contributed by atoms with E-state index in [0.717, 1.165) is 30.7 Å². The average Bonchev–Trinajstić information content (AvgIpc) is 3.18. The number of fused-ring (bicyclic) bond motifs is 1. The van der Waals surface area contributed by atoms with Crippen LogP contribution < -0.4 is 5.32 Å². The van der Waals surface area contributed by atoms with Gasteiger partial charge in [0.1, 0.15) is 23.3 Å². The molecule has 0 saturated carbocycles. The van der Waals surface area contributed by atoms with E-state index in [-0.39, 0.29) is 28.4 Å². The van der Waals surface area contributed by atoms with Gasteiger partial charge >= 0.3 is 6.09 Å². The molecule has 0 radical (unpaired) electrons. The normalized spacial score (nSPS) is 15.5. The first-order valence-corrected chi connectivity index (χ1v) is 12.8. The zero-order valence-electron chi connectivity index (χ0n) is 19.5. The van der Waals surface area contributed by atoms with Crippen molar-refractivity contribution in [2.45, 2.75) is 50.0 Å². The number of amides is 1. The van der Waals surface area contributed by atoms with Crippen LogP contribution in [-0.2, 0) is 14.6 Å². The number of ether oxygens (including phenoxy) is 1. The fourth-order valence-corrected chi connectivity index (χ4v) is 4.54. The van der Waals surface area contributed by atoms with Crippen LogP contribution in [0.2, 0.25) is 0 Å². The SMILES string of the molecule is CC(C)(C)OC(=O)N1CCC(c2coc3c(Nc4ccc(S(C)(=O)=O)cc4F)ncnc23)CC1. The van der Waals surface area contributed by atoms with Crippen molar-refractivity contribution in [3.8, 4) is 0 Å². The van der Waals surface area contributed by atoms with E-state index in [4.69, 9.17) is 9.15 Å². The van der Waals surface area contributed by atoms with Gasteiger partial charge in [-0.15, -0.1) is 0 Å². The lowest BCUT2D eigenvalue weighted by atomic mass is 9.90. The molecule has 34 heavy (non-hydrogen) atoms. The van der Waals surface area contributed by atoms with Crippen LogP contribution in [0.3, 0.4) is 0 Å². The van der Waals surface area contributed by atoms with Gasteiger partial charge in [-0.2, -0.15) is 0 Å². The summed E-state index contributed by atoms with van der Waals surface area (Å²) in [5.41, 5.74) is 1.41. The Bertz CT molecular complexity index is 1320. The van der Waals surface area contributed by atoms with E-state index in [0.29, 0.717) is 24.2 Å². The zero-order valence-corrected chi connectivity index (χ0v) is 20.3. The number of benzene rings is 1. The number of nitrogens with zero attached hydrogens (tertiary/aromatic N) is 3. The van der Waals surface area contributed by atoms with Gasteiger partial charge in [0.2, 0.25) is 0 Å². The smallest absolute Gasteiger partial charge is 0.410 e. The minimum atomic E-state index is -3.52. The topological polar surface area (TPSA) is 115 Å². The summed E-state index contributed by atoms with van der Waals surface area (Å²) < 4.78 is 49.0. The molecule has 0 aliphatic carbocycles. The molecular weight excluding hydrogens is 463 g/mol. The van der Waals surface area contributed by atoms with Crippen LogP contribution in [0.4, 0.5) is 20.7 Å². The highest BCUT2D eigenvalue weighted by atomic mass is 32.2. The van der Waals surface area contributed by atoms with Crippen molar-refractivity contribution in [1.82, 2.24) is 14.9 Å². The van der Waals surface area contributed by atoms with Crippen molar-refractivity contribution < 1.29 is 26.8 Å². The summed E-state index contributed by atoms with van der Waals surface area (Å²) in [5.74, 6) is -0.321. The second-order valence-electron chi connectivity index (χ2n) is 9.37. The van der Waals surface area contributed by atoms with Crippen molar-refractivity contribution in [3.63, 3.8) is 0 Å². The number of hydrogen-bond acceptors (Lipinski definition) is 8. The summed E-state index contributed by atoms with van der Waals surface area (Å²) in [6.07, 6.45) is 5.14. The summed E-state index contributed by atoms with van der Waals surface area (Å²) in [7, 11) is -3.52. The van der Waals surface area contributed by atoms with Crippen LogP contribution in [0.1, 0.15) is 45.1 Å². The molecule has 3 heterocycles. The number of carbonyl (C=O) groups excluding carboxylic acids is 1. The average molecular weight is 491 g/mol. The van der Waals surface area contributed by atoms with Crippen molar-refractivity contribution in [2.75, 3.05) is 24.7 Å². The molecular formula is C23H27FN4O5S. The Labute approximate surface area is 197 Å². The largest absolute Gasteiger partial charge is 0.458 e. The summed E-state index contributed by atoms with van der Waals surface area (Å²) in [6.45, 7) is 6.63. The predicted molar refractivity (Wildman–Crippen MR) is 124 cm³/mol. The summed E-state index contributed by atoms with van der Waals surface area (Å²) >= 11 is 0. The van der Waals surface area contributed by atoms with Crippen molar-refractivity contribution in [1.29, 1.82) is 0 Å². The third-order valence-electron chi connectivity index (χ3n) is 5.59. The number of carbonyl (C=O) groups is 1. The van der Waals surface area contributed by atoms with Crippen LogP contribution in [-0.4, -0.2) is 54.3 Å². The van der Waals surface area contributed by atoms with E-state index in [9.17, 15) is 17.6 Å². The maximum absolute atomic E-state index is 14.5. The molecule has 182 valence electrons. The second-order valence-corrected chi connectivity index (χ2v) is 11.4. The first kappa shape index (κ1) is 23.9. The lowest BCUT2D eigenvalue weighted by molar-refractivity contribution is 0.0205. The van der Waals surface area contributed by atoms with E-state index in [1.165, 1.54) is 18.5 Å². The number of likely N-dealkylation sites (tertiary alicyclic amines) is 1. The summed E-state index contributed by atoms with van der Waals surface area (Å²) in [5, 5.41) is 2.87. The fraction of sp³-hybridized carbons (Fsp3) is 0.435. The highest BCUT2D eigenvalue weighted by Gasteiger charge is 2.29. The number of hydrogen-bond donors (Lipinski definition) is 1. The molecule has 1 aliphatic rings. The Hall–Kier alpha value is -3.21. The Kier molecular flexibility index (Phi) is 6.24. The molecule has 9 nitrogen and oxygen atoms in total. The molecule has 4 rings (SSSR count). The van der Waals surface area contributed by atoms with E-state index >= 15 is 0 Å². The quantitative estimate of drug-likeness (QED) is 0.563. The van der Waals surface area contributed by atoms with Crippen molar-refractivity contribution in [3.05, 3.63) is 42.2 Å². The van der Waals surface area contributed by atoms with Gasteiger partial charge < -0.3 is 19.4 Å². The first-order chi connectivity index (χ1) is 15.9. The van der Waals surface area contributed by atoms with Crippen LogP contribution in [0.25, 0.3) is 11.1 Å². The molecule has 3 aromatic rings. The number of rotatable bonds is 4. The van der Waals surface area contributed by atoms with Gasteiger partial charge in [-0.05, 0) is 57.7 Å². The molecule has 0 bridgehead atoms. The Morgan fingerprint density at radius 1 is 1.24 bits per heavy atom.